The van der Waals surface area contributed by atoms with E-state index in [0.29, 0.717) is 0 Å². The number of thiol groups is 1. The van der Waals surface area contributed by atoms with Gasteiger partial charge in [-0.2, -0.15) is 0 Å². The highest BCUT2D eigenvalue weighted by molar-refractivity contribution is 7.67. The van der Waals surface area contributed by atoms with Crippen molar-refractivity contribution in [3.8, 4) is 0 Å². The Balaban J connectivity index is 2.33. The van der Waals surface area contributed by atoms with Crippen LogP contribution in [-0.2, 0) is 15.2 Å². The van der Waals surface area contributed by atoms with Gasteiger partial charge in [-0.3, -0.25) is 4.18 Å². The first-order chi connectivity index (χ1) is 6.27. The Hall–Kier alpha value is -1.13. The second kappa shape index (κ2) is 3.32. The fraction of sp³-hybridized carbons (Fsp3) is 0.111. The van der Waals surface area contributed by atoms with Crippen LogP contribution in [0.4, 0.5) is 0 Å². The third kappa shape index (κ3) is 1.64. The van der Waals surface area contributed by atoms with E-state index in [2.05, 4.69) is 0 Å². The van der Waals surface area contributed by atoms with Gasteiger partial charge < -0.3 is 0 Å². The lowest BCUT2D eigenvalue weighted by molar-refractivity contribution is 0.277. The molecule has 0 saturated carbocycles. The minimum absolute atomic E-state index is 0.433. The van der Waals surface area contributed by atoms with E-state index in [4.69, 9.17) is 4.18 Å². The van der Waals surface area contributed by atoms with Gasteiger partial charge in [-0.05, 0) is 17.2 Å². The van der Waals surface area contributed by atoms with E-state index in [0.717, 1.165) is 11.1 Å². The monoisotopic (exact) mass is 196 g/mol. The van der Waals surface area contributed by atoms with Crippen molar-refractivity contribution in [1.29, 1.82) is 0 Å². The topological polar surface area (TPSA) is 43.4 Å². The zero-order chi connectivity index (χ0) is 9.26. The Morgan fingerprint density at radius 1 is 1.23 bits per heavy atom. The van der Waals surface area contributed by atoms with Gasteiger partial charge in [0.05, 0.1) is 0 Å². The van der Waals surface area contributed by atoms with Crippen molar-refractivity contribution in [2.75, 3.05) is 0 Å². The highest BCUT2D eigenvalue weighted by atomic mass is 32.2. The van der Waals surface area contributed by atoms with Gasteiger partial charge in [-0.15, -0.1) is 0 Å². The summed E-state index contributed by atoms with van der Waals surface area (Å²) in [7, 11) is -2.79. The van der Waals surface area contributed by atoms with Crippen LogP contribution in [-0.4, -0.2) is 8.42 Å². The van der Waals surface area contributed by atoms with E-state index in [9.17, 15) is 8.42 Å². The van der Waals surface area contributed by atoms with Crippen LogP contribution >= 0.6 is 0 Å². The molecule has 0 aliphatic heterocycles. The van der Waals surface area contributed by atoms with Crippen molar-refractivity contribution >= 4 is 17.1 Å². The molecule has 0 radical (unpaired) electrons. The van der Waals surface area contributed by atoms with Crippen LogP contribution in [0.15, 0.2) is 30.3 Å². The number of fused-ring (bicyclic) bond motifs is 1. The fourth-order valence-electron chi connectivity index (χ4n) is 1.40. The molecular formula is C9H8O3S. The van der Waals surface area contributed by atoms with Gasteiger partial charge in [0.25, 0.3) is 11.0 Å². The zero-order valence-corrected chi connectivity index (χ0v) is 7.61. The molecule has 0 fully saturated rings. The summed E-state index contributed by atoms with van der Waals surface area (Å²) >= 11 is 0. The lowest BCUT2D eigenvalue weighted by Gasteiger charge is -2.05. The molecule has 13 heavy (non-hydrogen) atoms. The Morgan fingerprint density at radius 3 is 2.77 bits per heavy atom. The molecule has 1 atom stereocenters. The molecular weight excluding hydrogens is 188 g/mol. The second-order valence-corrected chi connectivity index (χ2v) is 3.40. The first-order valence-corrected chi connectivity index (χ1v) is 4.95. The molecule has 1 aliphatic carbocycles. The van der Waals surface area contributed by atoms with Crippen molar-refractivity contribution in [1.82, 2.24) is 0 Å². The largest absolute Gasteiger partial charge is 0.260 e. The standard InChI is InChI=1S/C9H8O3S/c10-13(11)12-9-6-5-7-3-1-2-4-8(7)9/h1-6,9,13H. The number of benzene rings is 1. The van der Waals surface area contributed by atoms with E-state index in [1.165, 1.54) is 0 Å². The van der Waals surface area contributed by atoms with Crippen molar-refractivity contribution in [3.63, 3.8) is 0 Å². The van der Waals surface area contributed by atoms with Crippen molar-refractivity contribution in [3.05, 3.63) is 41.5 Å². The molecule has 0 saturated heterocycles. The van der Waals surface area contributed by atoms with Gasteiger partial charge in [-0.1, -0.05) is 30.3 Å². The predicted octanol–water partition coefficient (Wildman–Crippen LogP) is 1.30. The normalized spacial score (nSPS) is 19.3. The SMILES string of the molecule is O=[SH](=O)OC1C=Cc2ccccc21. The van der Waals surface area contributed by atoms with Crippen molar-refractivity contribution in [2.45, 2.75) is 6.10 Å². The minimum atomic E-state index is -2.79. The summed E-state index contributed by atoms with van der Waals surface area (Å²) in [5.41, 5.74) is 1.92. The summed E-state index contributed by atoms with van der Waals surface area (Å²) in [5, 5.41) is 0. The smallest absolute Gasteiger partial charge is 0.258 e. The van der Waals surface area contributed by atoms with Crippen LogP contribution in [0.2, 0.25) is 0 Å². The molecule has 0 aromatic heterocycles. The maximum atomic E-state index is 10.3. The van der Waals surface area contributed by atoms with Gasteiger partial charge in [-0.25, -0.2) is 8.42 Å². The van der Waals surface area contributed by atoms with Crippen LogP contribution in [0.1, 0.15) is 17.2 Å². The summed E-state index contributed by atoms with van der Waals surface area (Å²) in [6, 6.07) is 7.55. The summed E-state index contributed by atoms with van der Waals surface area (Å²) in [5.74, 6) is 0. The molecule has 68 valence electrons. The Bertz CT molecular complexity index is 413. The lowest BCUT2D eigenvalue weighted by Crippen LogP contribution is -1.97. The Kier molecular flexibility index (Phi) is 2.16. The van der Waals surface area contributed by atoms with Gasteiger partial charge in [0.2, 0.25) is 0 Å². The lowest BCUT2D eigenvalue weighted by atomic mass is 10.1. The highest BCUT2D eigenvalue weighted by Crippen LogP contribution is 2.30. The quantitative estimate of drug-likeness (QED) is 0.725. The van der Waals surface area contributed by atoms with Crippen LogP contribution < -0.4 is 0 Å². The van der Waals surface area contributed by atoms with E-state index in [1.54, 1.807) is 6.08 Å². The molecule has 0 amide bonds. The number of rotatable bonds is 2. The predicted molar refractivity (Wildman–Crippen MR) is 49.6 cm³/mol. The third-order valence-corrected chi connectivity index (χ3v) is 2.35. The molecule has 0 bridgehead atoms. The molecule has 0 spiro atoms. The average Bonchev–Trinajstić information content (AvgIpc) is 2.48. The van der Waals surface area contributed by atoms with Gasteiger partial charge in [0.15, 0.2) is 0 Å². The molecule has 1 aromatic rings. The summed E-state index contributed by atoms with van der Waals surface area (Å²) < 4.78 is 25.4. The maximum Gasteiger partial charge on any atom is 0.258 e. The Labute approximate surface area is 77.8 Å². The van der Waals surface area contributed by atoms with Gasteiger partial charge >= 0.3 is 0 Å². The van der Waals surface area contributed by atoms with Crippen molar-refractivity contribution < 1.29 is 12.6 Å². The molecule has 3 nitrogen and oxygen atoms in total. The van der Waals surface area contributed by atoms with Gasteiger partial charge in [0.1, 0.15) is 6.10 Å². The van der Waals surface area contributed by atoms with E-state index in [-0.39, 0.29) is 0 Å². The minimum Gasteiger partial charge on any atom is -0.260 e. The highest BCUT2D eigenvalue weighted by Gasteiger charge is 2.17. The van der Waals surface area contributed by atoms with Gasteiger partial charge in [0, 0.05) is 0 Å². The van der Waals surface area contributed by atoms with Crippen molar-refractivity contribution in [2.24, 2.45) is 0 Å². The molecule has 0 heterocycles. The third-order valence-electron chi connectivity index (χ3n) is 1.95. The second-order valence-electron chi connectivity index (χ2n) is 2.74. The number of hydrogen-bond donors (Lipinski definition) is 1. The van der Waals surface area contributed by atoms with Crippen LogP contribution in [0.5, 0.6) is 0 Å². The zero-order valence-electron chi connectivity index (χ0n) is 6.71. The first kappa shape index (κ1) is 8.47. The van der Waals surface area contributed by atoms with Crippen LogP contribution in [0.25, 0.3) is 6.08 Å². The molecule has 1 unspecified atom stereocenters. The summed E-state index contributed by atoms with van der Waals surface area (Å²) in [6.45, 7) is 0. The molecule has 1 aromatic carbocycles. The summed E-state index contributed by atoms with van der Waals surface area (Å²) in [4.78, 5) is 0. The van der Waals surface area contributed by atoms with E-state index < -0.39 is 17.1 Å². The summed E-state index contributed by atoms with van der Waals surface area (Å²) in [6.07, 6.45) is 3.16. The van der Waals surface area contributed by atoms with E-state index in [1.807, 2.05) is 30.3 Å². The average molecular weight is 196 g/mol. The van der Waals surface area contributed by atoms with E-state index >= 15 is 0 Å². The van der Waals surface area contributed by atoms with Crippen LogP contribution in [0, 0.1) is 0 Å². The fourth-order valence-corrected chi connectivity index (χ4v) is 1.77. The van der Waals surface area contributed by atoms with Crippen LogP contribution in [0.3, 0.4) is 0 Å². The molecule has 0 N–H and O–H groups in total. The maximum absolute atomic E-state index is 10.3. The Morgan fingerprint density at radius 2 is 2.00 bits per heavy atom. The molecule has 4 heteroatoms. The first-order valence-electron chi connectivity index (χ1n) is 3.85. The molecule has 1 aliphatic rings. The number of hydrogen-bond acceptors (Lipinski definition) is 3. The molecule has 2 rings (SSSR count).